The number of carbonyl (C=O) groups excluding carboxylic acids is 1. The first kappa shape index (κ1) is 13.1. The summed E-state index contributed by atoms with van der Waals surface area (Å²) in [5, 5.41) is 14.0. The quantitative estimate of drug-likeness (QED) is 0.892. The molecule has 1 heterocycles. The van der Waals surface area contributed by atoms with Gasteiger partial charge >= 0.3 is 5.97 Å². The van der Waals surface area contributed by atoms with Crippen LogP contribution in [0.15, 0.2) is 29.4 Å². The monoisotopic (exact) mass is 262 g/mol. The average molecular weight is 262 g/mol. The zero-order valence-electron chi connectivity index (χ0n) is 10.4. The third kappa shape index (κ3) is 3.09. The first-order valence-electron chi connectivity index (χ1n) is 5.88. The highest BCUT2D eigenvalue weighted by atomic mass is 16.5. The van der Waals surface area contributed by atoms with E-state index in [1.807, 2.05) is 6.92 Å². The second-order valence-corrected chi connectivity index (χ2v) is 4.30. The van der Waals surface area contributed by atoms with Crippen LogP contribution in [0.3, 0.4) is 0 Å². The maximum Gasteiger partial charge on any atom is 0.341 e. The van der Waals surface area contributed by atoms with E-state index in [0.29, 0.717) is 17.9 Å². The molecule has 0 bridgehead atoms. The lowest BCUT2D eigenvalue weighted by molar-refractivity contribution is -0.139. The van der Waals surface area contributed by atoms with E-state index in [1.54, 1.807) is 30.5 Å². The molecule has 1 amide bonds. The second-order valence-electron chi connectivity index (χ2n) is 4.30. The van der Waals surface area contributed by atoms with Crippen LogP contribution >= 0.6 is 0 Å². The Kier molecular flexibility index (Phi) is 3.79. The van der Waals surface area contributed by atoms with Crippen molar-refractivity contribution in [1.82, 2.24) is 0 Å². The predicted molar refractivity (Wildman–Crippen MR) is 69.3 cm³/mol. The number of ether oxygens (including phenoxy) is 1. The van der Waals surface area contributed by atoms with Gasteiger partial charge in [-0.25, -0.2) is 4.79 Å². The highest BCUT2D eigenvalue weighted by Gasteiger charge is 2.24. The van der Waals surface area contributed by atoms with Crippen LogP contribution in [0.5, 0.6) is 5.75 Å². The summed E-state index contributed by atoms with van der Waals surface area (Å²) in [6.07, 6.45) is 2.06. The van der Waals surface area contributed by atoms with E-state index in [4.69, 9.17) is 9.84 Å². The molecule has 6 nitrogen and oxygen atoms in total. The Morgan fingerprint density at radius 3 is 2.95 bits per heavy atom. The van der Waals surface area contributed by atoms with Crippen molar-refractivity contribution in [3.8, 4) is 5.75 Å². The summed E-state index contributed by atoms with van der Waals surface area (Å²) < 4.78 is 5.16. The number of carbonyl (C=O) groups is 2. The molecule has 1 N–H and O–H groups in total. The lowest BCUT2D eigenvalue weighted by Gasteiger charge is -2.24. The minimum atomic E-state index is -1.07. The molecule has 0 aromatic heterocycles. The molecule has 2 rings (SSSR count). The largest absolute Gasteiger partial charge is 0.480 e. The van der Waals surface area contributed by atoms with E-state index < -0.39 is 12.6 Å². The van der Waals surface area contributed by atoms with Crippen LogP contribution in [-0.2, 0) is 9.59 Å². The van der Waals surface area contributed by atoms with Gasteiger partial charge in [0.2, 0.25) is 5.91 Å². The van der Waals surface area contributed by atoms with Gasteiger partial charge in [0.1, 0.15) is 11.4 Å². The predicted octanol–water partition coefficient (Wildman–Crippen LogP) is 1.51. The molecule has 0 fully saturated rings. The number of carboxylic acid groups (broad SMARTS) is 1. The minimum Gasteiger partial charge on any atom is -0.480 e. The third-order valence-corrected chi connectivity index (χ3v) is 2.61. The second kappa shape index (κ2) is 5.51. The Labute approximate surface area is 110 Å². The maximum atomic E-state index is 11.9. The van der Waals surface area contributed by atoms with E-state index in [0.717, 1.165) is 0 Å². The zero-order valence-corrected chi connectivity index (χ0v) is 10.4. The molecule has 0 radical (unpaired) electrons. The summed E-state index contributed by atoms with van der Waals surface area (Å²) >= 11 is 0. The van der Waals surface area contributed by atoms with Crippen molar-refractivity contribution in [2.75, 3.05) is 11.6 Å². The van der Waals surface area contributed by atoms with Crippen molar-refractivity contribution in [3.05, 3.63) is 24.3 Å². The number of nitrogens with zero attached hydrogens (tertiary/aromatic N) is 2. The molecule has 0 saturated carbocycles. The van der Waals surface area contributed by atoms with E-state index in [1.165, 1.54) is 5.01 Å². The van der Waals surface area contributed by atoms with E-state index in [9.17, 15) is 9.59 Å². The maximum absolute atomic E-state index is 11.9. The zero-order chi connectivity index (χ0) is 13.8. The van der Waals surface area contributed by atoms with Gasteiger partial charge in [-0.1, -0.05) is 19.1 Å². The molecule has 0 spiro atoms. The van der Waals surface area contributed by atoms with Gasteiger partial charge in [0.05, 0.1) is 0 Å². The Bertz CT molecular complexity index is 527. The van der Waals surface area contributed by atoms with Crippen LogP contribution < -0.4 is 9.75 Å². The normalized spacial score (nSPS) is 18.5. The topological polar surface area (TPSA) is 79.2 Å². The molecule has 100 valence electrons. The van der Waals surface area contributed by atoms with Gasteiger partial charge in [0.15, 0.2) is 6.61 Å². The lowest BCUT2D eigenvalue weighted by Crippen LogP contribution is -2.32. The molecule has 6 heteroatoms. The van der Waals surface area contributed by atoms with Gasteiger partial charge in [-0.05, 0) is 12.1 Å². The number of hydrogen-bond donors (Lipinski definition) is 1. The molecule has 1 aliphatic heterocycles. The van der Waals surface area contributed by atoms with Crippen molar-refractivity contribution >= 4 is 23.8 Å². The smallest absolute Gasteiger partial charge is 0.341 e. The number of benzene rings is 1. The number of hydrogen-bond acceptors (Lipinski definition) is 4. The number of para-hydroxylation sites is 2. The number of aliphatic carboxylic acids is 1. The van der Waals surface area contributed by atoms with Gasteiger partial charge in [-0.15, -0.1) is 0 Å². The van der Waals surface area contributed by atoms with Crippen LogP contribution in [0.25, 0.3) is 0 Å². The highest BCUT2D eigenvalue weighted by molar-refractivity contribution is 5.98. The van der Waals surface area contributed by atoms with Crippen LogP contribution in [0.1, 0.15) is 13.3 Å². The molecule has 1 aromatic rings. The van der Waals surface area contributed by atoms with E-state index >= 15 is 0 Å². The highest BCUT2D eigenvalue weighted by Crippen LogP contribution is 2.30. The minimum absolute atomic E-state index is 0.107. The number of rotatable bonds is 4. The molecule has 1 aromatic carbocycles. The first-order chi connectivity index (χ1) is 9.08. The fourth-order valence-electron chi connectivity index (χ4n) is 1.75. The van der Waals surface area contributed by atoms with Crippen molar-refractivity contribution < 1.29 is 19.4 Å². The molecule has 1 atom stereocenters. The summed E-state index contributed by atoms with van der Waals surface area (Å²) in [4.78, 5) is 22.5. The number of amides is 1. The Balaban J connectivity index is 2.26. The fourth-order valence-corrected chi connectivity index (χ4v) is 1.75. The fraction of sp³-hybridized carbons (Fsp3) is 0.308. The van der Waals surface area contributed by atoms with Crippen molar-refractivity contribution in [1.29, 1.82) is 0 Å². The number of carboxylic acids is 1. The molecular weight excluding hydrogens is 248 g/mol. The Hall–Kier alpha value is -2.37. The lowest BCUT2D eigenvalue weighted by atomic mass is 10.1. The molecule has 19 heavy (non-hydrogen) atoms. The van der Waals surface area contributed by atoms with Gasteiger partial charge in [0, 0.05) is 18.6 Å². The summed E-state index contributed by atoms with van der Waals surface area (Å²) in [7, 11) is 0. The van der Waals surface area contributed by atoms with Crippen LogP contribution in [0, 0.1) is 5.92 Å². The number of hydrazone groups is 1. The third-order valence-electron chi connectivity index (χ3n) is 2.61. The van der Waals surface area contributed by atoms with Gasteiger partial charge in [-0.2, -0.15) is 10.1 Å². The molecule has 0 aliphatic carbocycles. The SMILES string of the molecule is CC1C=NN(c2ccccc2OCC(=O)O)C(=O)C1. The van der Waals surface area contributed by atoms with Gasteiger partial charge in [-0.3, -0.25) is 4.79 Å². The summed E-state index contributed by atoms with van der Waals surface area (Å²) in [6, 6.07) is 6.73. The van der Waals surface area contributed by atoms with Crippen molar-refractivity contribution in [3.63, 3.8) is 0 Å². The Morgan fingerprint density at radius 2 is 2.26 bits per heavy atom. The molecule has 1 unspecified atom stereocenters. The van der Waals surface area contributed by atoms with Gasteiger partial charge < -0.3 is 9.84 Å². The standard InChI is InChI=1S/C13H14N2O4/c1-9-6-12(16)15(14-7-9)10-4-2-3-5-11(10)19-8-13(17)18/h2-5,7,9H,6,8H2,1H3,(H,17,18). The first-order valence-corrected chi connectivity index (χ1v) is 5.88. The van der Waals surface area contributed by atoms with E-state index in [2.05, 4.69) is 5.10 Å². The summed E-state index contributed by atoms with van der Waals surface area (Å²) in [5.74, 6) is -0.779. The number of anilines is 1. The molecule has 0 saturated heterocycles. The van der Waals surface area contributed by atoms with Crippen molar-refractivity contribution in [2.24, 2.45) is 11.0 Å². The average Bonchev–Trinajstić information content (AvgIpc) is 2.37. The Morgan fingerprint density at radius 1 is 1.53 bits per heavy atom. The van der Waals surface area contributed by atoms with Crippen LogP contribution in [0.2, 0.25) is 0 Å². The summed E-state index contributed by atoms with van der Waals surface area (Å²) in [5.41, 5.74) is 0.455. The van der Waals surface area contributed by atoms with Gasteiger partial charge in [0.25, 0.3) is 0 Å². The molecule has 1 aliphatic rings. The van der Waals surface area contributed by atoms with Crippen LogP contribution in [0.4, 0.5) is 5.69 Å². The van der Waals surface area contributed by atoms with Crippen molar-refractivity contribution in [2.45, 2.75) is 13.3 Å². The molecular formula is C13H14N2O4. The van der Waals surface area contributed by atoms with E-state index in [-0.39, 0.29) is 11.8 Å². The van der Waals surface area contributed by atoms with Crippen LogP contribution in [-0.4, -0.2) is 29.8 Å². The summed E-state index contributed by atoms with van der Waals surface area (Å²) in [6.45, 7) is 1.45.